The van der Waals surface area contributed by atoms with Crippen molar-refractivity contribution in [3.8, 4) is 11.3 Å². The van der Waals surface area contributed by atoms with Gasteiger partial charge in [0.2, 0.25) is 0 Å². The predicted octanol–water partition coefficient (Wildman–Crippen LogP) is 7.74. The Labute approximate surface area is 225 Å². The molecular formula is C25H18Cl3N3O2S2. The summed E-state index contributed by atoms with van der Waals surface area (Å²) in [7, 11) is 0. The van der Waals surface area contributed by atoms with Gasteiger partial charge in [0.1, 0.15) is 5.01 Å². The van der Waals surface area contributed by atoms with Crippen molar-refractivity contribution >= 4 is 75.4 Å². The van der Waals surface area contributed by atoms with Crippen molar-refractivity contribution in [1.82, 2.24) is 10.3 Å². The average molecular weight is 563 g/mol. The van der Waals surface area contributed by atoms with E-state index in [2.05, 4.69) is 15.6 Å². The average Bonchev–Trinajstić information content (AvgIpc) is 3.31. The fourth-order valence-electron chi connectivity index (χ4n) is 3.11. The lowest BCUT2D eigenvalue weighted by molar-refractivity contribution is -0.136. The molecule has 2 N–H and O–H groups in total. The van der Waals surface area contributed by atoms with E-state index in [4.69, 9.17) is 34.8 Å². The summed E-state index contributed by atoms with van der Waals surface area (Å²) >= 11 is 21.2. The molecule has 0 radical (unpaired) electrons. The normalized spacial score (nSPS) is 11.7. The molecule has 3 aromatic carbocycles. The molecule has 1 atom stereocenters. The zero-order valence-electron chi connectivity index (χ0n) is 18.2. The minimum absolute atomic E-state index is 0.447. The summed E-state index contributed by atoms with van der Waals surface area (Å²) in [5.74, 6) is -1.58. The Morgan fingerprint density at radius 2 is 1.66 bits per heavy atom. The number of benzene rings is 3. The quantitative estimate of drug-likeness (QED) is 0.236. The SMILES string of the molecule is CC(NC(=O)C(=O)Nc1cc(Cl)ccc1Sc1ccccc1)c1nc(-c2ccc(Cl)cc2Cl)cs1. The summed E-state index contributed by atoms with van der Waals surface area (Å²) in [5, 5.41) is 9.30. The van der Waals surface area contributed by atoms with Crippen LogP contribution in [0, 0.1) is 0 Å². The summed E-state index contributed by atoms with van der Waals surface area (Å²) < 4.78 is 0. The number of amides is 2. The number of halogens is 3. The first-order valence-electron chi connectivity index (χ1n) is 10.4. The number of thiazole rings is 1. The first kappa shape index (κ1) is 25.5. The highest BCUT2D eigenvalue weighted by Crippen LogP contribution is 2.35. The highest BCUT2D eigenvalue weighted by molar-refractivity contribution is 7.99. The predicted molar refractivity (Wildman–Crippen MR) is 145 cm³/mol. The minimum Gasteiger partial charge on any atom is -0.339 e. The van der Waals surface area contributed by atoms with Crippen LogP contribution in [-0.2, 0) is 9.59 Å². The maximum atomic E-state index is 12.7. The van der Waals surface area contributed by atoms with E-state index in [-0.39, 0.29) is 0 Å². The van der Waals surface area contributed by atoms with Gasteiger partial charge in [-0.15, -0.1) is 11.3 Å². The van der Waals surface area contributed by atoms with Crippen LogP contribution in [0.2, 0.25) is 15.1 Å². The third-order valence-corrected chi connectivity index (χ3v) is 7.71. The molecule has 0 saturated carbocycles. The van der Waals surface area contributed by atoms with Crippen molar-refractivity contribution in [3.05, 3.63) is 92.2 Å². The fourth-order valence-corrected chi connectivity index (χ4v) is 5.52. The third-order valence-electron chi connectivity index (χ3n) is 4.81. The van der Waals surface area contributed by atoms with Crippen LogP contribution < -0.4 is 10.6 Å². The van der Waals surface area contributed by atoms with Crippen LogP contribution in [0.5, 0.6) is 0 Å². The van der Waals surface area contributed by atoms with E-state index >= 15 is 0 Å². The summed E-state index contributed by atoms with van der Waals surface area (Å²) in [6.07, 6.45) is 0. The topological polar surface area (TPSA) is 71.1 Å². The summed E-state index contributed by atoms with van der Waals surface area (Å²) in [4.78, 5) is 31.6. The van der Waals surface area contributed by atoms with Gasteiger partial charge in [0.15, 0.2) is 0 Å². The van der Waals surface area contributed by atoms with Gasteiger partial charge in [-0.05, 0) is 55.5 Å². The Morgan fingerprint density at radius 3 is 2.40 bits per heavy atom. The van der Waals surface area contributed by atoms with Crippen molar-refractivity contribution < 1.29 is 9.59 Å². The number of carbonyl (C=O) groups excluding carboxylic acids is 2. The molecule has 0 fully saturated rings. The van der Waals surface area contributed by atoms with Gasteiger partial charge < -0.3 is 10.6 Å². The van der Waals surface area contributed by atoms with Crippen LogP contribution in [-0.4, -0.2) is 16.8 Å². The van der Waals surface area contributed by atoms with Crippen molar-refractivity contribution in [2.45, 2.75) is 22.8 Å². The van der Waals surface area contributed by atoms with Gasteiger partial charge in [0.05, 0.1) is 22.4 Å². The molecule has 5 nitrogen and oxygen atoms in total. The highest BCUT2D eigenvalue weighted by atomic mass is 35.5. The van der Waals surface area contributed by atoms with Gasteiger partial charge >= 0.3 is 11.8 Å². The monoisotopic (exact) mass is 561 g/mol. The largest absolute Gasteiger partial charge is 0.339 e. The van der Waals surface area contributed by atoms with Gasteiger partial charge in [0.25, 0.3) is 0 Å². The van der Waals surface area contributed by atoms with E-state index < -0.39 is 17.9 Å². The molecule has 0 spiro atoms. The molecule has 1 unspecified atom stereocenters. The van der Waals surface area contributed by atoms with Crippen LogP contribution in [0.25, 0.3) is 11.3 Å². The standard InChI is InChI=1S/C25H18Cl3N3O2S2/c1-14(25-31-21(13-34-25)18-9-7-15(26)11-19(18)28)29-23(32)24(33)30-20-12-16(27)8-10-22(20)35-17-5-3-2-4-6-17/h2-14H,1H3,(H,29,32)(H,30,33). The van der Waals surface area contributed by atoms with Crippen LogP contribution in [0.15, 0.2) is 81.9 Å². The molecule has 1 heterocycles. The number of carbonyl (C=O) groups is 2. The Bertz CT molecular complexity index is 1380. The minimum atomic E-state index is -0.799. The van der Waals surface area contributed by atoms with E-state index in [1.165, 1.54) is 23.1 Å². The van der Waals surface area contributed by atoms with Gasteiger partial charge in [-0.25, -0.2) is 4.98 Å². The number of hydrogen-bond acceptors (Lipinski definition) is 5. The molecule has 10 heteroatoms. The number of aromatic nitrogens is 1. The Hall–Kier alpha value is -2.55. The van der Waals surface area contributed by atoms with Gasteiger partial charge in [-0.1, -0.05) is 64.8 Å². The Balaban J connectivity index is 1.43. The molecule has 0 aliphatic rings. The molecular weight excluding hydrogens is 545 g/mol. The number of nitrogens with zero attached hydrogens (tertiary/aromatic N) is 1. The van der Waals surface area contributed by atoms with E-state index in [0.717, 1.165) is 15.4 Å². The second-order valence-corrected chi connectivity index (χ2v) is 10.7. The molecule has 0 aliphatic carbocycles. The molecule has 35 heavy (non-hydrogen) atoms. The zero-order chi connectivity index (χ0) is 24.9. The maximum Gasteiger partial charge on any atom is 0.313 e. The number of nitrogens with one attached hydrogen (secondary N) is 2. The molecule has 178 valence electrons. The first-order chi connectivity index (χ1) is 16.8. The number of hydrogen-bond donors (Lipinski definition) is 2. The van der Waals surface area contributed by atoms with Crippen molar-refractivity contribution in [3.63, 3.8) is 0 Å². The molecule has 0 aliphatic heterocycles. The second kappa shape index (κ2) is 11.5. The van der Waals surface area contributed by atoms with Crippen LogP contribution in [0.4, 0.5) is 5.69 Å². The Kier molecular flexibility index (Phi) is 8.36. The fraction of sp³-hybridized carbons (Fsp3) is 0.0800. The van der Waals surface area contributed by atoms with E-state index in [0.29, 0.717) is 31.5 Å². The van der Waals surface area contributed by atoms with Crippen molar-refractivity contribution in [1.29, 1.82) is 0 Å². The lowest BCUT2D eigenvalue weighted by Gasteiger charge is -2.13. The molecule has 0 bridgehead atoms. The molecule has 4 rings (SSSR count). The van der Waals surface area contributed by atoms with E-state index in [1.807, 2.05) is 35.7 Å². The smallest absolute Gasteiger partial charge is 0.313 e. The highest BCUT2D eigenvalue weighted by Gasteiger charge is 2.21. The number of anilines is 1. The molecule has 1 aromatic heterocycles. The molecule has 0 saturated heterocycles. The lowest BCUT2D eigenvalue weighted by atomic mass is 10.2. The molecule has 2 amide bonds. The molecule has 4 aromatic rings. The maximum absolute atomic E-state index is 12.7. The van der Waals surface area contributed by atoms with Gasteiger partial charge in [-0.2, -0.15) is 0 Å². The van der Waals surface area contributed by atoms with Crippen LogP contribution in [0.1, 0.15) is 18.0 Å². The van der Waals surface area contributed by atoms with Gasteiger partial charge in [0, 0.05) is 30.8 Å². The summed E-state index contributed by atoms with van der Waals surface area (Å²) in [6, 6.07) is 19.5. The van der Waals surface area contributed by atoms with E-state index in [9.17, 15) is 9.59 Å². The third kappa shape index (κ3) is 6.57. The van der Waals surface area contributed by atoms with Gasteiger partial charge in [-0.3, -0.25) is 9.59 Å². The lowest BCUT2D eigenvalue weighted by Crippen LogP contribution is -2.37. The summed E-state index contributed by atoms with van der Waals surface area (Å²) in [6.45, 7) is 1.76. The first-order valence-corrected chi connectivity index (χ1v) is 13.2. The van der Waals surface area contributed by atoms with Crippen LogP contribution >= 0.6 is 57.9 Å². The van der Waals surface area contributed by atoms with Crippen LogP contribution in [0.3, 0.4) is 0 Å². The Morgan fingerprint density at radius 1 is 0.943 bits per heavy atom. The summed E-state index contributed by atoms with van der Waals surface area (Å²) in [5.41, 5.74) is 1.85. The van der Waals surface area contributed by atoms with Crippen molar-refractivity contribution in [2.24, 2.45) is 0 Å². The second-order valence-electron chi connectivity index (χ2n) is 7.40. The van der Waals surface area contributed by atoms with Crippen molar-refractivity contribution in [2.75, 3.05) is 5.32 Å². The number of rotatable bonds is 6. The van der Waals surface area contributed by atoms with E-state index in [1.54, 1.807) is 43.3 Å². The zero-order valence-corrected chi connectivity index (χ0v) is 22.1.